The molecule has 0 N–H and O–H groups in total. The van der Waals surface area contributed by atoms with E-state index in [0.29, 0.717) is 11.3 Å². The quantitative estimate of drug-likeness (QED) is 0.679. The number of fused-ring (bicyclic) bond motifs is 1. The van der Waals surface area contributed by atoms with Gasteiger partial charge in [-0.1, -0.05) is 12.1 Å². The van der Waals surface area contributed by atoms with E-state index in [1.54, 1.807) is 24.3 Å². The molecule has 1 aromatic heterocycles. The molecule has 0 unspecified atom stereocenters. The van der Waals surface area contributed by atoms with E-state index in [2.05, 4.69) is 4.98 Å². The van der Waals surface area contributed by atoms with E-state index in [0.717, 1.165) is 4.57 Å². The summed E-state index contributed by atoms with van der Waals surface area (Å²) in [7, 11) is 1.49. The highest BCUT2D eigenvalue weighted by Gasteiger charge is 2.38. The van der Waals surface area contributed by atoms with Crippen LogP contribution in [0.15, 0.2) is 48.5 Å². The summed E-state index contributed by atoms with van der Waals surface area (Å²) < 4.78 is 45.6. The second-order valence-electron chi connectivity index (χ2n) is 5.16. The Bertz CT molecular complexity index is 883. The number of nitrogens with zero attached hydrogens (tertiary/aromatic N) is 2. The molecule has 0 aliphatic heterocycles. The van der Waals surface area contributed by atoms with Crippen molar-refractivity contribution < 1.29 is 22.7 Å². The summed E-state index contributed by atoms with van der Waals surface area (Å²) >= 11 is 0. The molecule has 0 aliphatic rings. The van der Waals surface area contributed by atoms with Crippen molar-refractivity contribution in [3.63, 3.8) is 0 Å². The monoisotopic (exact) mass is 334 g/mol. The number of methoxy groups -OCH3 is 1. The normalized spacial score (nSPS) is 11.7. The van der Waals surface area contributed by atoms with Crippen LogP contribution in [0.3, 0.4) is 0 Å². The van der Waals surface area contributed by atoms with E-state index in [1.807, 2.05) is 0 Å². The van der Waals surface area contributed by atoms with Gasteiger partial charge >= 0.3 is 6.18 Å². The Morgan fingerprint density at radius 2 is 1.79 bits per heavy atom. The first-order chi connectivity index (χ1) is 11.4. The summed E-state index contributed by atoms with van der Waals surface area (Å²) in [4.78, 5) is 16.0. The van der Waals surface area contributed by atoms with Crippen LogP contribution >= 0.6 is 0 Å². The van der Waals surface area contributed by atoms with Gasteiger partial charge in [-0.15, -0.1) is 0 Å². The van der Waals surface area contributed by atoms with Crippen LogP contribution in [-0.2, 0) is 12.7 Å². The minimum atomic E-state index is -4.64. The highest BCUT2D eigenvalue weighted by molar-refractivity contribution is 5.96. The van der Waals surface area contributed by atoms with E-state index in [4.69, 9.17) is 4.74 Å². The third-order valence-electron chi connectivity index (χ3n) is 3.62. The minimum absolute atomic E-state index is 0.201. The van der Waals surface area contributed by atoms with Crippen LogP contribution in [-0.4, -0.2) is 22.4 Å². The number of imidazole rings is 1. The SMILES string of the molecule is COc1ccc(C(=O)Cn2c(C(F)(F)F)nc3ccccc32)cc1. The van der Waals surface area contributed by atoms with Crippen LogP contribution in [0.5, 0.6) is 5.75 Å². The summed E-state index contributed by atoms with van der Waals surface area (Å²) in [5.41, 5.74) is 0.778. The molecule has 2 aromatic carbocycles. The zero-order valence-corrected chi connectivity index (χ0v) is 12.7. The van der Waals surface area contributed by atoms with Gasteiger partial charge in [0.15, 0.2) is 5.78 Å². The maximum atomic E-state index is 13.2. The smallest absolute Gasteiger partial charge is 0.449 e. The first-order valence-electron chi connectivity index (χ1n) is 7.10. The number of ketones is 1. The Morgan fingerprint density at radius 1 is 1.12 bits per heavy atom. The topological polar surface area (TPSA) is 44.1 Å². The van der Waals surface area contributed by atoms with Gasteiger partial charge in [-0.05, 0) is 36.4 Å². The van der Waals surface area contributed by atoms with Crippen molar-refractivity contribution in [1.29, 1.82) is 0 Å². The molecule has 124 valence electrons. The molecule has 0 saturated heterocycles. The van der Waals surface area contributed by atoms with E-state index in [-0.39, 0.29) is 11.0 Å². The minimum Gasteiger partial charge on any atom is -0.497 e. The molecule has 0 aliphatic carbocycles. The summed E-state index contributed by atoms with van der Waals surface area (Å²) in [6.45, 7) is -0.443. The number of aromatic nitrogens is 2. The third-order valence-corrected chi connectivity index (χ3v) is 3.62. The summed E-state index contributed by atoms with van der Waals surface area (Å²) in [5.74, 6) is -0.951. The summed E-state index contributed by atoms with van der Waals surface area (Å²) in [6, 6.07) is 12.4. The number of benzene rings is 2. The van der Waals surface area contributed by atoms with Gasteiger partial charge in [0, 0.05) is 5.56 Å². The average molecular weight is 334 g/mol. The van der Waals surface area contributed by atoms with Gasteiger partial charge in [0.05, 0.1) is 24.7 Å². The van der Waals surface area contributed by atoms with Crippen molar-refractivity contribution in [2.75, 3.05) is 7.11 Å². The lowest BCUT2D eigenvalue weighted by atomic mass is 10.1. The van der Waals surface area contributed by atoms with Crippen molar-refractivity contribution in [3.8, 4) is 5.75 Å². The highest BCUT2D eigenvalue weighted by atomic mass is 19.4. The molecular formula is C17H13F3N2O2. The maximum absolute atomic E-state index is 13.2. The largest absolute Gasteiger partial charge is 0.497 e. The predicted octanol–water partition coefficient (Wildman–Crippen LogP) is 3.95. The molecule has 3 aromatic rings. The van der Waals surface area contributed by atoms with Gasteiger partial charge in [-0.3, -0.25) is 4.79 Å². The van der Waals surface area contributed by atoms with E-state index in [1.165, 1.54) is 31.4 Å². The number of hydrogen-bond acceptors (Lipinski definition) is 3. The van der Waals surface area contributed by atoms with Gasteiger partial charge in [0.25, 0.3) is 0 Å². The Morgan fingerprint density at radius 3 is 2.42 bits per heavy atom. The van der Waals surface area contributed by atoms with Gasteiger partial charge in [0.1, 0.15) is 5.75 Å². The van der Waals surface area contributed by atoms with Crippen molar-refractivity contribution in [1.82, 2.24) is 9.55 Å². The van der Waals surface area contributed by atoms with Gasteiger partial charge in [-0.25, -0.2) is 4.98 Å². The molecule has 24 heavy (non-hydrogen) atoms. The highest BCUT2D eigenvalue weighted by Crippen LogP contribution is 2.31. The first kappa shape index (κ1) is 16.0. The number of alkyl halides is 3. The molecular weight excluding hydrogens is 321 g/mol. The number of halogens is 3. The average Bonchev–Trinajstić information content (AvgIpc) is 2.94. The zero-order chi connectivity index (χ0) is 17.3. The lowest BCUT2D eigenvalue weighted by molar-refractivity contribution is -0.146. The summed E-state index contributed by atoms with van der Waals surface area (Å²) in [5, 5.41) is 0. The number of Topliss-reactive ketones (excluding diaryl/α,β-unsaturated/α-hetero) is 1. The molecule has 0 spiro atoms. The van der Waals surface area contributed by atoms with Gasteiger partial charge < -0.3 is 9.30 Å². The lowest BCUT2D eigenvalue weighted by Gasteiger charge is -2.11. The van der Waals surface area contributed by atoms with Crippen LogP contribution in [0.4, 0.5) is 13.2 Å². The fourth-order valence-corrected chi connectivity index (χ4v) is 2.46. The summed E-state index contributed by atoms with van der Waals surface area (Å²) in [6.07, 6.45) is -4.64. The molecule has 0 bridgehead atoms. The molecule has 0 amide bonds. The van der Waals surface area contributed by atoms with Gasteiger partial charge in [-0.2, -0.15) is 13.2 Å². The fraction of sp³-hybridized carbons (Fsp3) is 0.176. The lowest BCUT2D eigenvalue weighted by Crippen LogP contribution is -2.19. The van der Waals surface area contributed by atoms with Crippen LogP contribution in [0, 0.1) is 0 Å². The van der Waals surface area contributed by atoms with Crippen LogP contribution in [0.25, 0.3) is 11.0 Å². The predicted molar refractivity (Wildman–Crippen MR) is 82.1 cm³/mol. The second kappa shape index (κ2) is 5.99. The first-order valence-corrected chi connectivity index (χ1v) is 7.10. The Hall–Kier alpha value is -2.83. The van der Waals surface area contributed by atoms with Crippen molar-refractivity contribution in [3.05, 3.63) is 59.9 Å². The van der Waals surface area contributed by atoms with E-state index in [9.17, 15) is 18.0 Å². The van der Waals surface area contributed by atoms with Crippen molar-refractivity contribution in [2.24, 2.45) is 0 Å². The molecule has 7 heteroatoms. The van der Waals surface area contributed by atoms with Gasteiger partial charge in [0.2, 0.25) is 5.82 Å². The number of carbonyl (C=O) groups excluding carboxylic acids is 1. The molecule has 0 radical (unpaired) electrons. The standard InChI is InChI=1S/C17H13F3N2O2/c1-24-12-8-6-11(7-9-12)15(23)10-22-14-5-3-2-4-13(14)21-16(22)17(18,19)20/h2-9H,10H2,1H3. The Kier molecular flexibility index (Phi) is 4.01. The number of ether oxygens (including phenoxy) is 1. The molecule has 0 saturated carbocycles. The number of carbonyl (C=O) groups is 1. The Balaban J connectivity index is 2.00. The molecule has 3 rings (SSSR count). The van der Waals surface area contributed by atoms with E-state index < -0.39 is 24.3 Å². The second-order valence-corrected chi connectivity index (χ2v) is 5.16. The van der Waals surface area contributed by atoms with Crippen molar-refractivity contribution >= 4 is 16.8 Å². The molecule has 0 fully saturated rings. The molecule has 4 nitrogen and oxygen atoms in total. The molecule has 1 heterocycles. The Labute approximate surface area is 135 Å². The van der Waals surface area contributed by atoms with E-state index >= 15 is 0 Å². The number of para-hydroxylation sites is 2. The zero-order valence-electron chi connectivity index (χ0n) is 12.7. The van der Waals surface area contributed by atoms with Crippen LogP contribution < -0.4 is 4.74 Å². The maximum Gasteiger partial charge on any atom is 0.449 e. The fourth-order valence-electron chi connectivity index (χ4n) is 2.46. The molecule has 0 atom stereocenters. The number of rotatable bonds is 4. The van der Waals surface area contributed by atoms with Crippen molar-refractivity contribution in [2.45, 2.75) is 12.7 Å². The third kappa shape index (κ3) is 2.97. The van der Waals surface area contributed by atoms with Crippen LogP contribution in [0.1, 0.15) is 16.2 Å². The number of hydrogen-bond donors (Lipinski definition) is 0. The van der Waals surface area contributed by atoms with Crippen LogP contribution in [0.2, 0.25) is 0 Å².